The molecule has 2 aromatic heterocycles. The number of imide groups is 1. The fourth-order valence-electron chi connectivity index (χ4n) is 10.5. The Kier molecular flexibility index (Phi) is 12.3. The largest absolute Gasteiger partial charge is 0.495 e. The number of piperidine rings is 2. The van der Waals surface area contributed by atoms with Gasteiger partial charge in [-0.2, -0.15) is 0 Å². The number of benzene rings is 4. The van der Waals surface area contributed by atoms with E-state index in [1.165, 1.54) is 24.3 Å². The summed E-state index contributed by atoms with van der Waals surface area (Å²) < 4.78 is 25.7. The monoisotopic (exact) mass is 959 g/mol. The van der Waals surface area contributed by atoms with Gasteiger partial charge in [0.15, 0.2) is 0 Å². The number of methoxy groups -OCH3 is 1. The van der Waals surface area contributed by atoms with Gasteiger partial charge >= 0.3 is 0 Å². The Morgan fingerprint density at radius 3 is 2.18 bits per heavy atom. The SMILES string of the molecule is COc1cc2c(Oc3ccc(NC(=O)C4(C(=O)Nc5ccc(F)cc5)CC4)cc3)ccnc2cc1N1CCC(CN2CCN(Cc3ccc4cc5c(cc4n3)CN([C@H]3CCC(=O)NC3=O)C5=O)CC2)CC1. The molecule has 4 aromatic carbocycles. The number of fused-ring (bicyclic) bond motifs is 3. The Balaban J connectivity index is 0.655. The van der Waals surface area contributed by atoms with Crippen LogP contribution >= 0.6 is 0 Å². The van der Waals surface area contributed by atoms with E-state index in [1.54, 1.807) is 42.5 Å². The van der Waals surface area contributed by atoms with Gasteiger partial charge < -0.3 is 34.8 Å². The van der Waals surface area contributed by atoms with E-state index in [-0.39, 0.29) is 18.2 Å². The number of carbonyl (C=O) groups excluding carboxylic acids is 5. The number of amides is 5. The predicted molar refractivity (Wildman–Crippen MR) is 265 cm³/mol. The van der Waals surface area contributed by atoms with Crippen LogP contribution in [0.5, 0.6) is 17.2 Å². The number of halogens is 1. The Morgan fingerprint density at radius 1 is 0.789 bits per heavy atom. The molecule has 1 saturated carbocycles. The predicted octanol–water partition coefficient (Wildman–Crippen LogP) is 6.88. The van der Waals surface area contributed by atoms with Gasteiger partial charge in [-0.1, -0.05) is 6.07 Å². The number of pyridine rings is 2. The molecule has 4 aliphatic heterocycles. The maximum atomic E-state index is 13.3. The molecule has 1 atom stereocenters. The van der Waals surface area contributed by atoms with E-state index in [9.17, 15) is 28.4 Å². The van der Waals surface area contributed by atoms with Gasteiger partial charge in [-0.15, -0.1) is 0 Å². The molecule has 17 heteroatoms. The minimum Gasteiger partial charge on any atom is -0.495 e. The molecule has 3 saturated heterocycles. The third kappa shape index (κ3) is 9.46. The molecule has 11 rings (SSSR count). The highest BCUT2D eigenvalue weighted by Crippen LogP contribution is 2.48. The van der Waals surface area contributed by atoms with Gasteiger partial charge in [-0.25, -0.2) is 4.39 Å². The number of aromatic nitrogens is 2. The highest BCUT2D eigenvalue weighted by molar-refractivity contribution is 6.17. The number of anilines is 3. The van der Waals surface area contributed by atoms with Crippen LogP contribution in [0.1, 0.15) is 60.1 Å². The minimum absolute atomic E-state index is 0.179. The lowest BCUT2D eigenvalue weighted by Gasteiger charge is -2.39. The van der Waals surface area contributed by atoms with Gasteiger partial charge in [0.25, 0.3) is 5.91 Å². The summed E-state index contributed by atoms with van der Waals surface area (Å²) in [4.78, 5) is 82.5. The molecular formula is C54H54FN9O7. The van der Waals surface area contributed by atoms with Gasteiger partial charge in [0, 0.05) is 99.2 Å². The van der Waals surface area contributed by atoms with Gasteiger partial charge in [-0.05, 0) is 129 Å². The van der Waals surface area contributed by atoms with Crippen molar-refractivity contribution in [1.82, 2.24) is 30.0 Å². The number of piperazine rings is 1. The van der Waals surface area contributed by atoms with Crippen LogP contribution in [-0.4, -0.2) is 113 Å². The Labute approximate surface area is 409 Å². The molecule has 71 heavy (non-hydrogen) atoms. The Hall–Kier alpha value is -7.50. The molecule has 4 fully saturated rings. The lowest BCUT2D eigenvalue weighted by atomic mass is 9.95. The van der Waals surface area contributed by atoms with Gasteiger partial charge in [-0.3, -0.25) is 44.2 Å². The first kappa shape index (κ1) is 45.9. The summed E-state index contributed by atoms with van der Waals surface area (Å²) in [7, 11) is 1.68. The van der Waals surface area contributed by atoms with E-state index in [0.29, 0.717) is 60.2 Å². The molecule has 5 aliphatic rings. The van der Waals surface area contributed by atoms with Crippen molar-refractivity contribution in [3.63, 3.8) is 0 Å². The number of carbonyl (C=O) groups is 5. The van der Waals surface area contributed by atoms with E-state index >= 15 is 0 Å². The smallest absolute Gasteiger partial charge is 0.255 e. The third-order valence-electron chi connectivity index (χ3n) is 14.8. The van der Waals surface area contributed by atoms with Crippen molar-refractivity contribution in [2.75, 3.05) is 68.5 Å². The molecule has 3 N–H and O–H groups in total. The second-order valence-electron chi connectivity index (χ2n) is 19.4. The van der Waals surface area contributed by atoms with E-state index < -0.39 is 35.0 Å². The summed E-state index contributed by atoms with van der Waals surface area (Å²) >= 11 is 0. The van der Waals surface area contributed by atoms with Crippen molar-refractivity contribution in [3.05, 3.63) is 120 Å². The molecular weight excluding hydrogens is 906 g/mol. The average molecular weight is 960 g/mol. The molecule has 6 aromatic rings. The zero-order chi connectivity index (χ0) is 48.8. The summed E-state index contributed by atoms with van der Waals surface area (Å²) in [6.45, 7) is 7.87. The molecule has 0 bridgehead atoms. The molecule has 364 valence electrons. The highest BCUT2D eigenvalue weighted by Gasteiger charge is 2.56. The lowest BCUT2D eigenvalue weighted by Crippen LogP contribution is -2.52. The fourth-order valence-corrected chi connectivity index (χ4v) is 10.5. The standard InChI is InChI=1S/C54H54FN9O7/c1-70-48-28-42-44(56-19-14-47(42)71-40-10-8-38(9-11-40)59-53(69)54(17-18-54)52(68)58-37-6-3-36(55)4-7-37)29-46(48)63-20-15-33(16-21-63)30-61-22-24-62(25-23-61)32-39-5-2-34-26-41-35(27-43(34)57-39)31-64(51(41)67)45-12-13-49(65)60-50(45)66/h2-11,14,19,26-29,33,45H,12-13,15-18,20-25,30-32H2,1H3,(H,58,68)(H,59,69)(H,60,65,66)/t45-/m0/s1. The molecule has 6 heterocycles. The third-order valence-corrected chi connectivity index (χ3v) is 14.8. The quantitative estimate of drug-likeness (QED) is 0.0810. The van der Waals surface area contributed by atoms with Crippen LogP contribution in [-0.2, 0) is 32.3 Å². The first-order valence-electron chi connectivity index (χ1n) is 24.4. The zero-order valence-corrected chi connectivity index (χ0v) is 39.4. The second kappa shape index (κ2) is 19.0. The van der Waals surface area contributed by atoms with Gasteiger partial charge in [0.2, 0.25) is 23.6 Å². The Bertz CT molecular complexity index is 3080. The van der Waals surface area contributed by atoms with Crippen LogP contribution in [0, 0.1) is 17.2 Å². The fraction of sp³-hybridized carbons (Fsp3) is 0.352. The topological polar surface area (TPSA) is 179 Å². The van der Waals surface area contributed by atoms with Crippen LogP contribution in [0.2, 0.25) is 0 Å². The summed E-state index contributed by atoms with van der Waals surface area (Å²) in [6.07, 6.45) is 5.28. The van der Waals surface area contributed by atoms with Crippen LogP contribution in [0.3, 0.4) is 0 Å². The number of nitrogens with one attached hydrogen (secondary N) is 3. The van der Waals surface area contributed by atoms with E-state index in [0.717, 1.165) is 110 Å². The number of ether oxygens (including phenoxy) is 2. The zero-order valence-electron chi connectivity index (χ0n) is 39.4. The normalized spacial score (nSPS) is 19.4. The molecule has 0 radical (unpaired) electrons. The maximum absolute atomic E-state index is 13.3. The van der Waals surface area contributed by atoms with Gasteiger partial charge in [0.05, 0.1) is 29.5 Å². The molecule has 0 unspecified atom stereocenters. The van der Waals surface area contributed by atoms with Crippen molar-refractivity contribution in [2.24, 2.45) is 11.3 Å². The number of hydrogen-bond acceptors (Lipinski definition) is 12. The summed E-state index contributed by atoms with van der Waals surface area (Å²) in [6, 6.07) is 25.6. The average Bonchev–Trinajstić information content (AvgIpc) is 4.14. The summed E-state index contributed by atoms with van der Waals surface area (Å²) in [5.74, 6) is 0.409. The van der Waals surface area contributed by atoms with Crippen molar-refractivity contribution >= 4 is 68.4 Å². The second-order valence-corrected chi connectivity index (χ2v) is 19.4. The summed E-state index contributed by atoms with van der Waals surface area (Å²) in [5.41, 5.74) is 4.86. The van der Waals surface area contributed by atoms with Crippen LogP contribution in [0.25, 0.3) is 21.8 Å². The van der Waals surface area contributed by atoms with Crippen molar-refractivity contribution < 1.29 is 37.8 Å². The van der Waals surface area contributed by atoms with Crippen LogP contribution in [0.15, 0.2) is 97.2 Å². The minimum atomic E-state index is -1.17. The molecule has 1 aliphatic carbocycles. The lowest BCUT2D eigenvalue weighted by molar-refractivity contribution is -0.137. The first-order valence-corrected chi connectivity index (χ1v) is 24.4. The van der Waals surface area contributed by atoms with Gasteiger partial charge in [0.1, 0.15) is 34.5 Å². The van der Waals surface area contributed by atoms with E-state index in [2.05, 4.69) is 36.7 Å². The van der Waals surface area contributed by atoms with Crippen LogP contribution in [0.4, 0.5) is 21.5 Å². The molecule has 16 nitrogen and oxygen atoms in total. The number of rotatable bonds is 13. The van der Waals surface area contributed by atoms with Crippen molar-refractivity contribution in [3.8, 4) is 17.2 Å². The number of hydrogen-bond donors (Lipinski definition) is 3. The molecule has 5 amide bonds. The van der Waals surface area contributed by atoms with Crippen molar-refractivity contribution in [1.29, 1.82) is 0 Å². The molecule has 0 spiro atoms. The highest BCUT2D eigenvalue weighted by atomic mass is 19.1. The first-order chi connectivity index (χ1) is 34.5. The maximum Gasteiger partial charge on any atom is 0.255 e. The van der Waals surface area contributed by atoms with Crippen LogP contribution < -0.4 is 30.3 Å². The van der Waals surface area contributed by atoms with E-state index in [4.69, 9.17) is 19.4 Å². The number of nitrogens with zero attached hydrogens (tertiary/aromatic N) is 6. The Morgan fingerprint density at radius 2 is 1.49 bits per heavy atom. The summed E-state index contributed by atoms with van der Waals surface area (Å²) in [5, 5.41) is 9.67. The van der Waals surface area contributed by atoms with Crippen molar-refractivity contribution in [2.45, 2.75) is 57.7 Å². The van der Waals surface area contributed by atoms with E-state index in [1.807, 2.05) is 36.4 Å².